The molecule has 0 spiro atoms. The molecule has 4 heteroatoms. The van der Waals surface area contributed by atoms with Crippen molar-refractivity contribution in [1.82, 2.24) is 10.3 Å². The Hall–Kier alpha value is -3.11. The largest absolute Gasteiger partial charge is 0.351 e. The van der Waals surface area contributed by atoms with Crippen LogP contribution in [0.3, 0.4) is 0 Å². The lowest BCUT2D eigenvalue weighted by atomic mass is 9.96. The molecular formula is C24H20N2OS. The number of nitrogens with zero attached hydrogens (tertiary/aromatic N) is 1. The quantitative estimate of drug-likeness (QED) is 0.458. The van der Waals surface area contributed by atoms with Crippen LogP contribution in [-0.2, 0) is 11.3 Å². The van der Waals surface area contributed by atoms with Gasteiger partial charge in [0.05, 0.1) is 5.75 Å². The maximum Gasteiger partial charge on any atom is 0.230 e. The first-order chi connectivity index (χ1) is 13.8. The molecule has 3 nitrogen and oxygen atoms in total. The number of amides is 1. The number of pyridine rings is 1. The van der Waals surface area contributed by atoms with E-state index < -0.39 is 0 Å². The molecule has 28 heavy (non-hydrogen) atoms. The summed E-state index contributed by atoms with van der Waals surface area (Å²) >= 11 is 1.54. The van der Waals surface area contributed by atoms with Gasteiger partial charge in [-0.3, -0.25) is 9.78 Å². The molecular weight excluding hydrogens is 364 g/mol. The number of nitrogens with one attached hydrogen (secondary N) is 1. The van der Waals surface area contributed by atoms with Crippen LogP contribution >= 0.6 is 11.8 Å². The highest BCUT2D eigenvalue weighted by molar-refractivity contribution is 8.00. The average molecular weight is 385 g/mol. The van der Waals surface area contributed by atoms with Gasteiger partial charge in [-0.1, -0.05) is 60.7 Å². The van der Waals surface area contributed by atoms with Crippen molar-refractivity contribution < 1.29 is 4.79 Å². The SMILES string of the molecule is O=C(CSc1ccccc1)NCc1ccc(-c2ccccc2)c2ccncc12. The minimum atomic E-state index is 0.0260. The van der Waals surface area contributed by atoms with E-state index in [4.69, 9.17) is 0 Å². The number of carbonyl (C=O) groups excluding carboxylic acids is 1. The molecule has 1 aromatic heterocycles. The summed E-state index contributed by atoms with van der Waals surface area (Å²) in [5.41, 5.74) is 3.42. The monoisotopic (exact) mass is 384 g/mol. The number of thioether (sulfide) groups is 1. The summed E-state index contributed by atoms with van der Waals surface area (Å²) in [4.78, 5) is 17.7. The lowest BCUT2D eigenvalue weighted by Crippen LogP contribution is -2.24. The van der Waals surface area contributed by atoms with Crippen molar-refractivity contribution in [1.29, 1.82) is 0 Å². The zero-order valence-corrected chi connectivity index (χ0v) is 16.2. The smallest absolute Gasteiger partial charge is 0.230 e. The summed E-state index contributed by atoms with van der Waals surface area (Å²) in [5.74, 6) is 0.431. The van der Waals surface area contributed by atoms with Crippen molar-refractivity contribution >= 4 is 28.4 Å². The van der Waals surface area contributed by atoms with Gasteiger partial charge < -0.3 is 5.32 Å². The summed E-state index contributed by atoms with van der Waals surface area (Å²) in [6.45, 7) is 0.492. The van der Waals surface area contributed by atoms with Gasteiger partial charge in [0.1, 0.15) is 0 Å². The number of hydrogen-bond acceptors (Lipinski definition) is 3. The van der Waals surface area contributed by atoms with Crippen LogP contribution in [-0.4, -0.2) is 16.6 Å². The molecule has 0 saturated carbocycles. The topological polar surface area (TPSA) is 42.0 Å². The molecule has 4 aromatic rings. The Morgan fingerprint density at radius 3 is 2.39 bits per heavy atom. The zero-order valence-electron chi connectivity index (χ0n) is 15.3. The first-order valence-corrected chi connectivity index (χ1v) is 10.2. The molecule has 1 amide bonds. The highest BCUT2D eigenvalue weighted by atomic mass is 32.2. The molecule has 0 aliphatic rings. The Kier molecular flexibility index (Phi) is 5.69. The van der Waals surface area contributed by atoms with Crippen LogP contribution in [0.25, 0.3) is 21.9 Å². The maximum absolute atomic E-state index is 12.3. The number of fused-ring (bicyclic) bond motifs is 1. The molecule has 138 valence electrons. The summed E-state index contributed by atoms with van der Waals surface area (Å²) in [6, 6.07) is 26.5. The van der Waals surface area contributed by atoms with Crippen molar-refractivity contribution in [2.24, 2.45) is 0 Å². The van der Waals surface area contributed by atoms with Crippen LogP contribution < -0.4 is 5.32 Å². The van der Waals surface area contributed by atoms with Gasteiger partial charge in [-0.15, -0.1) is 11.8 Å². The van der Waals surface area contributed by atoms with Gasteiger partial charge in [-0.05, 0) is 40.3 Å². The van der Waals surface area contributed by atoms with Crippen molar-refractivity contribution in [3.8, 4) is 11.1 Å². The molecule has 0 atom stereocenters. The molecule has 3 aromatic carbocycles. The Morgan fingerprint density at radius 2 is 1.61 bits per heavy atom. The van der Waals surface area contributed by atoms with Crippen LogP contribution in [0.5, 0.6) is 0 Å². The van der Waals surface area contributed by atoms with Crippen molar-refractivity contribution in [2.75, 3.05) is 5.75 Å². The van der Waals surface area contributed by atoms with Crippen LogP contribution in [0.1, 0.15) is 5.56 Å². The highest BCUT2D eigenvalue weighted by Crippen LogP contribution is 2.30. The predicted octanol–water partition coefficient (Wildman–Crippen LogP) is 5.31. The lowest BCUT2D eigenvalue weighted by Gasteiger charge is -2.12. The third-order valence-electron chi connectivity index (χ3n) is 4.58. The molecule has 0 aliphatic heterocycles. The fraction of sp³-hybridized carbons (Fsp3) is 0.0833. The Labute approximate surface area is 168 Å². The third-order valence-corrected chi connectivity index (χ3v) is 5.59. The molecule has 0 aliphatic carbocycles. The minimum absolute atomic E-state index is 0.0260. The van der Waals surface area contributed by atoms with Crippen molar-refractivity contribution in [3.63, 3.8) is 0 Å². The van der Waals surface area contributed by atoms with Gasteiger partial charge in [0.2, 0.25) is 5.91 Å². The van der Waals surface area contributed by atoms with Crippen LogP contribution in [0.15, 0.2) is 96.2 Å². The molecule has 0 saturated heterocycles. The number of rotatable bonds is 6. The second kappa shape index (κ2) is 8.72. The highest BCUT2D eigenvalue weighted by Gasteiger charge is 2.09. The predicted molar refractivity (Wildman–Crippen MR) is 116 cm³/mol. The van der Waals surface area contributed by atoms with Gasteiger partial charge in [0.15, 0.2) is 0 Å². The second-order valence-corrected chi connectivity index (χ2v) is 7.49. The van der Waals surface area contributed by atoms with Gasteiger partial charge in [-0.25, -0.2) is 0 Å². The molecule has 4 rings (SSSR count). The van der Waals surface area contributed by atoms with E-state index in [2.05, 4.69) is 34.6 Å². The van der Waals surface area contributed by atoms with E-state index in [1.54, 1.807) is 11.8 Å². The number of carbonyl (C=O) groups is 1. The minimum Gasteiger partial charge on any atom is -0.351 e. The van der Waals surface area contributed by atoms with Crippen LogP contribution in [0, 0.1) is 0 Å². The molecule has 0 unspecified atom stereocenters. The first-order valence-electron chi connectivity index (χ1n) is 9.17. The number of hydrogen-bond donors (Lipinski definition) is 1. The van der Waals surface area contributed by atoms with E-state index in [1.807, 2.05) is 67.0 Å². The van der Waals surface area contributed by atoms with Crippen molar-refractivity contribution in [3.05, 3.63) is 96.8 Å². The Morgan fingerprint density at radius 1 is 0.857 bits per heavy atom. The van der Waals surface area contributed by atoms with E-state index >= 15 is 0 Å². The number of aromatic nitrogens is 1. The fourth-order valence-electron chi connectivity index (χ4n) is 3.18. The molecule has 0 bridgehead atoms. The van der Waals surface area contributed by atoms with Gasteiger partial charge in [0, 0.05) is 29.2 Å². The standard InChI is InChI=1S/C24H20N2OS/c27-24(17-28-20-9-5-2-6-10-20)26-15-19-11-12-21(18-7-3-1-4-8-18)22-13-14-25-16-23(19)22/h1-14,16H,15,17H2,(H,26,27). The van der Waals surface area contributed by atoms with Crippen LogP contribution in [0.2, 0.25) is 0 Å². The van der Waals surface area contributed by atoms with Crippen LogP contribution in [0.4, 0.5) is 0 Å². The average Bonchev–Trinajstić information content (AvgIpc) is 2.77. The summed E-state index contributed by atoms with van der Waals surface area (Å²) in [7, 11) is 0. The van der Waals surface area contributed by atoms with E-state index in [1.165, 1.54) is 11.1 Å². The fourth-order valence-corrected chi connectivity index (χ4v) is 3.93. The summed E-state index contributed by atoms with van der Waals surface area (Å²) in [6.07, 6.45) is 3.69. The molecule has 0 radical (unpaired) electrons. The first kappa shape index (κ1) is 18.3. The maximum atomic E-state index is 12.3. The second-order valence-electron chi connectivity index (χ2n) is 6.44. The zero-order chi connectivity index (χ0) is 19.2. The Balaban J connectivity index is 1.49. The third kappa shape index (κ3) is 4.24. The Bertz CT molecular complexity index is 1080. The molecule has 0 fully saturated rings. The molecule has 1 N–H and O–H groups in total. The molecule has 1 heterocycles. The summed E-state index contributed by atoms with van der Waals surface area (Å²) in [5, 5.41) is 5.25. The van der Waals surface area contributed by atoms with E-state index in [-0.39, 0.29) is 5.91 Å². The normalized spacial score (nSPS) is 10.7. The van der Waals surface area contributed by atoms with Gasteiger partial charge >= 0.3 is 0 Å². The number of benzene rings is 3. The van der Waals surface area contributed by atoms with Crippen molar-refractivity contribution in [2.45, 2.75) is 11.4 Å². The van der Waals surface area contributed by atoms with E-state index in [9.17, 15) is 4.79 Å². The van der Waals surface area contributed by atoms with Gasteiger partial charge in [-0.2, -0.15) is 0 Å². The van der Waals surface area contributed by atoms with E-state index in [0.717, 1.165) is 21.2 Å². The lowest BCUT2D eigenvalue weighted by molar-refractivity contribution is -0.118. The van der Waals surface area contributed by atoms with E-state index in [0.29, 0.717) is 12.3 Å². The van der Waals surface area contributed by atoms with Gasteiger partial charge in [0.25, 0.3) is 0 Å². The summed E-state index contributed by atoms with van der Waals surface area (Å²) < 4.78 is 0.